The fraction of sp³-hybridized carbons (Fsp3) is 0.400. The fourth-order valence-electron chi connectivity index (χ4n) is 1.68. The number of rotatable bonds is 6. The van der Waals surface area contributed by atoms with Crippen LogP contribution in [0.5, 0.6) is 0 Å². The molecule has 1 aromatic heterocycles. The normalized spacial score (nSPS) is 11.7. The van der Waals surface area contributed by atoms with Crippen molar-refractivity contribution >= 4 is 11.3 Å². The largest absolute Gasteiger partial charge is 0.377 e. The second-order valence-corrected chi connectivity index (χ2v) is 6.00. The van der Waals surface area contributed by atoms with Crippen molar-refractivity contribution in [3.8, 4) is 11.3 Å². The number of hydrogen-bond acceptors (Lipinski definition) is 4. The van der Waals surface area contributed by atoms with E-state index in [-0.39, 0.29) is 5.60 Å². The molecule has 0 saturated heterocycles. The number of nitrogens with zero attached hydrogens (tertiary/aromatic N) is 1. The molecule has 0 fully saturated rings. The number of ether oxygens (including phenoxy) is 1. The van der Waals surface area contributed by atoms with Crippen molar-refractivity contribution in [3.05, 3.63) is 40.7 Å². The van der Waals surface area contributed by atoms with Crippen LogP contribution in [0.4, 0.5) is 0 Å². The summed E-state index contributed by atoms with van der Waals surface area (Å²) < 4.78 is 5.37. The van der Waals surface area contributed by atoms with Crippen LogP contribution < -0.4 is 5.32 Å². The lowest BCUT2D eigenvalue weighted by molar-refractivity contribution is 0.0230. The Morgan fingerprint density at radius 2 is 2.00 bits per heavy atom. The van der Waals surface area contributed by atoms with Gasteiger partial charge in [-0.25, -0.2) is 4.98 Å². The predicted octanol–water partition coefficient (Wildman–Crippen LogP) is 3.32. The lowest BCUT2D eigenvalue weighted by Gasteiger charge is -2.22. The molecule has 0 aliphatic carbocycles. The minimum atomic E-state index is -0.139. The van der Waals surface area contributed by atoms with Crippen LogP contribution in [0, 0.1) is 0 Å². The second-order valence-electron chi connectivity index (χ2n) is 5.06. The summed E-state index contributed by atoms with van der Waals surface area (Å²) >= 11 is 1.69. The molecule has 0 bridgehead atoms. The van der Waals surface area contributed by atoms with E-state index in [9.17, 15) is 0 Å². The summed E-state index contributed by atoms with van der Waals surface area (Å²) in [6, 6.07) is 10.3. The van der Waals surface area contributed by atoms with Crippen molar-refractivity contribution in [2.75, 3.05) is 13.7 Å². The third-order valence-corrected chi connectivity index (χ3v) is 3.85. The van der Waals surface area contributed by atoms with Crippen molar-refractivity contribution < 1.29 is 4.74 Å². The highest BCUT2D eigenvalue weighted by Crippen LogP contribution is 2.21. The third kappa shape index (κ3) is 4.13. The van der Waals surface area contributed by atoms with Gasteiger partial charge in [-0.05, 0) is 13.8 Å². The standard InChI is InChI=1S/C15H20N2OS/c1-15(2,18-3)11-16-9-14-17-13(10-19-14)12-7-5-4-6-8-12/h4-8,10,16H,9,11H2,1-3H3. The van der Waals surface area contributed by atoms with Crippen molar-refractivity contribution in [2.45, 2.75) is 26.0 Å². The van der Waals surface area contributed by atoms with Crippen LogP contribution in [0.15, 0.2) is 35.7 Å². The number of methoxy groups -OCH3 is 1. The Balaban J connectivity index is 1.92. The summed E-state index contributed by atoms with van der Waals surface area (Å²) in [5.74, 6) is 0. The number of nitrogens with one attached hydrogen (secondary N) is 1. The van der Waals surface area contributed by atoms with Gasteiger partial charge in [0.15, 0.2) is 0 Å². The van der Waals surface area contributed by atoms with E-state index in [1.165, 1.54) is 5.56 Å². The molecule has 0 atom stereocenters. The van der Waals surface area contributed by atoms with E-state index in [4.69, 9.17) is 4.74 Å². The first-order valence-corrected chi connectivity index (χ1v) is 7.24. The molecule has 19 heavy (non-hydrogen) atoms. The predicted molar refractivity (Wildman–Crippen MR) is 80.3 cm³/mol. The van der Waals surface area contributed by atoms with Crippen LogP contribution >= 0.6 is 11.3 Å². The topological polar surface area (TPSA) is 34.1 Å². The first-order chi connectivity index (χ1) is 9.11. The quantitative estimate of drug-likeness (QED) is 0.879. The van der Waals surface area contributed by atoms with Gasteiger partial charge in [0.25, 0.3) is 0 Å². The first-order valence-electron chi connectivity index (χ1n) is 6.36. The molecule has 102 valence electrons. The monoisotopic (exact) mass is 276 g/mol. The highest BCUT2D eigenvalue weighted by molar-refractivity contribution is 7.09. The van der Waals surface area contributed by atoms with E-state index >= 15 is 0 Å². The zero-order valence-electron chi connectivity index (χ0n) is 11.6. The van der Waals surface area contributed by atoms with Gasteiger partial charge in [0.2, 0.25) is 0 Å². The molecule has 4 heteroatoms. The van der Waals surface area contributed by atoms with Crippen LogP contribution in [-0.2, 0) is 11.3 Å². The van der Waals surface area contributed by atoms with Gasteiger partial charge in [0, 0.05) is 31.1 Å². The summed E-state index contributed by atoms with van der Waals surface area (Å²) in [6.45, 7) is 5.72. The molecule has 1 heterocycles. The number of benzene rings is 1. The van der Waals surface area contributed by atoms with E-state index in [1.807, 2.05) is 18.2 Å². The van der Waals surface area contributed by atoms with Gasteiger partial charge in [-0.2, -0.15) is 0 Å². The van der Waals surface area contributed by atoms with Gasteiger partial charge in [-0.1, -0.05) is 30.3 Å². The SMILES string of the molecule is COC(C)(C)CNCc1nc(-c2ccccc2)cs1. The highest BCUT2D eigenvalue weighted by Gasteiger charge is 2.15. The Kier molecular flexibility index (Phi) is 4.69. The smallest absolute Gasteiger partial charge is 0.107 e. The van der Waals surface area contributed by atoms with E-state index in [2.05, 4.69) is 41.7 Å². The van der Waals surface area contributed by atoms with Crippen LogP contribution in [0.3, 0.4) is 0 Å². The van der Waals surface area contributed by atoms with E-state index in [1.54, 1.807) is 18.4 Å². The zero-order chi connectivity index (χ0) is 13.7. The molecule has 3 nitrogen and oxygen atoms in total. The van der Waals surface area contributed by atoms with Crippen molar-refractivity contribution in [3.63, 3.8) is 0 Å². The molecule has 0 unspecified atom stereocenters. The molecule has 0 amide bonds. The highest BCUT2D eigenvalue weighted by atomic mass is 32.1. The average molecular weight is 276 g/mol. The van der Waals surface area contributed by atoms with E-state index in [0.717, 1.165) is 23.8 Å². The Bertz CT molecular complexity index is 508. The van der Waals surface area contributed by atoms with Crippen LogP contribution in [-0.4, -0.2) is 24.2 Å². The molecule has 0 spiro atoms. The van der Waals surface area contributed by atoms with Gasteiger partial charge in [0.1, 0.15) is 5.01 Å². The van der Waals surface area contributed by atoms with Crippen molar-refractivity contribution in [1.82, 2.24) is 10.3 Å². The minimum absolute atomic E-state index is 0.139. The Hall–Kier alpha value is -1.23. The van der Waals surface area contributed by atoms with Crippen LogP contribution in [0.25, 0.3) is 11.3 Å². The maximum atomic E-state index is 5.37. The Labute approximate surface area is 118 Å². The molecule has 0 radical (unpaired) electrons. The van der Waals surface area contributed by atoms with Gasteiger partial charge in [0.05, 0.1) is 11.3 Å². The summed E-state index contributed by atoms with van der Waals surface area (Å²) in [7, 11) is 1.73. The Morgan fingerprint density at radius 1 is 1.26 bits per heavy atom. The molecule has 1 aromatic carbocycles. The molecule has 0 aliphatic heterocycles. The Morgan fingerprint density at radius 3 is 2.68 bits per heavy atom. The average Bonchev–Trinajstić information content (AvgIpc) is 2.88. The van der Waals surface area contributed by atoms with Gasteiger partial charge < -0.3 is 10.1 Å². The minimum Gasteiger partial charge on any atom is -0.377 e. The summed E-state index contributed by atoms with van der Waals surface area (Å²) in [6.07, 6.45) is 0. The van der Waals surface area contributed by atoms with E-state index < -0.39 is 0 Å². The molecular formula is C15H20N2OS. The van der Waals surface area contributed by atoms with Gasteiger partial charge in [-0.15, -0.1) is 11.3 Å². The molecule has 0 saturated carbocycles. The summed E-state index contributed by atoms with van der Waals surface area (Å²) in [5.41, 5.74) is 2.08. The van der Waals surface area contributed by atoms with Gasteiger partial charge in [-0.3, -0.25) is 0 Å². The number of thiazole rings is 1. The third-order valence-electron chi connectivity index (χ3n) is 3.00. The van der Waals surface area contributed by atoms with E-state index in [0.29, 0.717) is 0 Å². The summed E-state index contributed by atoms with van der Waals surface area (Å²) in [5, 5.41) is 6.59. The molecule has 2 rings (SSSR count). The molecule has 0 aliphatic rings. The molecule has 2 aromatic rings. The van der Waals surface area contributed by atoms with Crippen LogP contribution in [0.1, 0.15) is 18.9 Å². The fourth-order valence-corrected chi connectivity index (χ4v) is 2.45. The lowest BCUT2D eigenvalue weighted by atomic mass is 10.1. The first kappa shape index (κ1) is 14.2. The van der Waals surface area contributed by atoms with Crippen molar-refractivity contribution in [2.24, 2.45) is 0 Å². The van der Waals surface area contributed by atoms with Crippen LogP contribution in [0.2, 0.25) is 0 Å². The molecular weight excluding hydrogens is 256 g/mol. The number of hydrogen-bond donors (Lipinski definition) is 1. The summed E-state index contributed by atoms with van der Waals surface area (Å²) in [4.78, 5) is 4.64. The number of aromatic nitrogens is 1. The maximum Gasteiger partial charge on any atom is 0.107 e. The van der Waals surface area contributed by atoms with Gasteiger partial charge >= 0.3 is 0 Å². The second kappa shape index (κ2) is 6.28. The van der Waals surface area contributed by atoms with Crippen molar-refractivity contribution in [1.29, 1.82) is 0 Å². The molecule has 1 N–H and O–H groups in total. The zero-order valence-corrected chi connectivity index (χ0v) is 12.5. The maximum absolute atomic E-state index is 5.37. The lowest BCUT2D eigenvalue weighted by Crippen LogP contribution is -2.36.